The Morgan fingerprint density at radius 2 is 1.45 bits per heavy atom. The minimum Gasteiger partial charge on any atom is -0.468 e. The van der Waals surface area contributed by atoms with Gasteiger partial charge in [-0.25, -0.2) is 0 Å². The van der Waals surface area contributed by atoms with E-state index in [0.717, 1.165) is 19.3 Å². The lowest BCUT2D eigenvalue weighted by atomic mass is 10.1. The van der Waals surface area contributed by atoms with Gasteiger partial charge in [0.15, 0.2) is 0 Å². The van der Waals surface area contributed by atoms with E-state index in [4.69, 9.17) is 18.9 Å². The van der Waals surface area contributed by atoms with Crippen molar-refractivity contribution in [2.24, 2.45) is 11.8 Å². The molecule has 40 heavy (non-hydrogen) atoms. The summed E-state index contributed by atoms with van der Waals surface area (Å²) in [5.74, 6) is -0.842. The molecule has 0 radical (unpaired) electrons. The van der Waals surface area contributed by atoms with Crippen molar-refractivity contribution in [3.8, 4) is 0 Å². The van der Waals surface area contributed by atoms with Gasteiger partial charge in [-0.3, -0.25) is 19.3 Å². The second kappa shape index (κ2) is 25.0. The topological polar surface area (TPSA) is 112 Å². The molecule has 0 rings (SSSR count). The quantitative estimate of drug-likeness (QED) is 0.0438. The highest BCUT2D eigenvalue weighted by molar-refractivity contribution is 5.82. The Labute approximate surface area is 243 Å². The molecule has 0 aromatic rings. The van der Waals surface area contributed by atoms with Crippen LogP contribution in [0.2, 0.25) is 0 Å². The maximum atomic E-state index is 13.1. The van der Waals surface area contributed by atoms with Crippen LogP contribution in [0.5, 0.6) is 0 Å². The van der Waals surface area contributed by atoms with Crippen LogP contribution in [0.25, 0.3) is 0 Å². The van der Waals surface area contributed by atoms with Gasteiger partial charge in [0.1, 0.15) is 12.3 Å². The highest BCUT2D eigenvalue weighted by Gasteiger charge is 2.34. The molecule has 9 nitrogen and oxygen atoms in total. The number of carbonyl (C=O) groups is 3. The molecule has 0 aliphatic heterocycles. The zero-order chi connectivity index (χ0) is 30.2. The second-order valence-electron chi connectivity index (χ2n) is 11.5. The lowest BCUT2D eigenvalue weighted by Gasteiger charge is -2.34. The number of rotatable bonds is 27. The van der Waals surface area contributed by atoms with Crippen LogP contribution in [0.4, 0.5) is 0 Å². The Morgan fingerprint density at radius 1 is 0.825 bits per heavy atom. The molecule has 0 aromatic heterocycles. The van der Waals surface area contributed by atoms with Crippen LogP contribution in [-0.2, 0) is 33.3 Å². The molecule has 3 atom stereocenters. The number of esters is 2. The fraction of sp³-hybridized carbons (Fsp3) is 0.903. The molecule has 9 heteroatoms. The zero-order valence-corrected chi connectivity index (χ0v) is 26.2. The van der Waals surface area contributed by atoms with Crippen molar-refractivity contribution in [3.63, 3.8) is 0 Å². The molecule has 0 aliphatic rings. The lowest BCUT2D eigenvalue weighted by Crippen LogP contribution is -2.50. The molecular weight excluding hydrogens is 514 g/mol. The molecule has 0 aliphatic carbocycles. The number of ether oxygens (including phenoxy) is 4. The van der Waals surface area contributed by atoms with Crippen LogP contribution < -0.4 is 0 Å². The number of unbranched alkanes of at least 4 members (excludes halogenated alkanes) is 6. The van der Waals surface area contributed by atoms with Crippen molar-refractivity contribution in [2.75, 3.05) is 33.0 Å². The number of aliphatic hydroxyl groups is 1. The van der Waals surface area contributed by atoms with Gasteiger partial charge >= 0.3 is 11.9 Å². The van der Waals surface area contributed by atoms with Gasteiger partial charge in [0.2, 0.25) is 0 Å². The lowest BCUT2D eigenvalue weighted by molar-refractivity contribution is -0.164. The third-order valence-corrected chi connectivity index (χ3v) is 6.61. The van der Waals surface area contributed by atoms with Crippen LogP contribution in [0.1, 0.15) is 119 Å². The van der Waals surface area contributed by atoms with Crippen molar-refractivity contribution in [1.82, 2.24) is 4.90 Å². The van der Waals surface area contributed by atoms with Crippen molar-refractivity contribution in [3.05, 3.63) is 0 Å². The molecule has 0 aromatic carbocycles. The molecule has 0 fully saturated rings. The number of nitrogens with zero attached hydrogens (tertiary/aromatic N) is 1. The normalized spacial score (nSPS) is 13.8. The Morgan fingerprint density at radius 3 is 2.05 bits per heavy atom. The molecule has 0 saturated heterocycles. The van der Waals surface area contributed by atoms with Crippen LogP contribution in [0.3, 0.4) is 0 Å². The predicted molar refractivity (Wildman–Crippen MR) is 157 cm³/mol. The molecular formula is C31H59NO8. The molecule has 0 bridgehead atoms. The molecule has 0 heterocycles. The van der Waals surface area contributed by atoms with Gasteiger partial charge in [-0.2, -0.15) is 0 Å². The van der Waals surface area contributed by atoms with Gasteiger partial charge in [0, 0.05) is 19.6 Å². The van der Waals surface area contributed by atoms with Crippen LogP contribution in [0.15, 0.2) is 0 Å². The Hall–Kier alpha value is -1.71. The first-order chi connectivity index (χ1) is 19.2. The number of hydrogen-bond acceptors (Lipinski definition) is 9. The summed E-state index contributed by atoms with van der Waals surface area (Å²) in [5, 5.41) is 11.0. The Kier molecular flexibility index (Phi) is 24.0. The largest absolute Gasteiger partial charge is 0.468 e. The van der Waals surface area contributed by atoms with E-state index in [1.54, 1.807) is 4.90 Å². The number of carbonyl (C=O) groups excluding carboxylic acids is 3. The van der Waals surface area contributed by atoms with Crippen LogP contribution in [0, 0.1) is 11.8 Å². The predicted octanol–water partition coefficient (Wildman–Crippen LogP) is 5.65. The summed E-state index contributed by atoms with van der Waals surface area (Å²) in [6.07, 6.45) is 10.2. The van der Waals surface area contributed by atoms with E-state index in [9.17, 15) is 19.5 Å². The van der Waals surface area contributed by atoms with Crippen molar-refractivity contribution in [1.29, 1.82) is 0 Å². The Bertz CT molecular complexity index is 643. The summed E-state index contributed by atoms with van der Waals surface area (Å²) in [4.78, 5) is 37.9. The fourth-order valence-electron chi connectivity index (χ4n) is 4.29. The van der Waals surface area contributed by atoms with Crippen LogP contribution in [-0.4, -0.2) is 79.8 Å². The number of hydrogen-bond donors (Lipinski definition) is 1. The summed E-state index contributed by atoms with van der Waals surface area (Å²) < 4.78 is 21.7. The smallest absolute Gasteiger partial charge is 0.324 e. The second-order valence-corrected chi connectivity index (χ2v) is 11.5. The van der Waals surface area contributed by atoms with E-state index >= 15 is 0 Å². The first-order valence-electron chi connectivity index (χ1n) is 15.6. The van der Waals surface area contributed by atoms with Gasteiger partial charge in [-0.15, -0.1) is 0 Å². The monoisotopic (exact) mass is 573 g/mol. The summed E-state index contributed by atoms with van der Waals surface area (Å²) >= 11 is 0. The van der Waals surface area contributed by atoms with Gasteiger partial charge in [0.25, 0.3) is 6.47 Å². The zero-order valence-electron chi connectivity index (χ0n) is 26.2. The van der Waals surface area contributed by atoms with Gasteiger partial charge in [-0.05, 0) is 31.1 Å². The van der Waals surface area contributed by atoms with Crippen molar-refractivity contribution >= 4 is 18.4 Å². The highest BCUT2D eigenvalue weighted by atomic mass is 16.5. The van der Waals surface area contributed by atoms with E-state index in [-0.39, 0.29) is 50.6 Å². The summed E-state index contributed by atoms with van der Waals surface area (Å²) in [5.41, 5.74) is 0. The average Bonchev–Trinajstić information content (AvgIpc) is 2.92. The third kappa shape index (κ3) is 20.2. The standard InChI is InChI=1S/C31H59NO8/c1-7-9-10-11-12-13-14-16-27(8-2)38-19-15-18-32(29(34)17-20-37-24-33)28(31(36)40-23-26(5)6)21-30(35)39-22-25(3)4/h24-29,34H,7-23H2,1-6H3/t27?,28-,29?/m0/s1. The highest BCUT2D eigenvalue weighted by Crippen LogP contribution is 2.17. The molecule has 236 valence electrons. The maximum absolute atomic E-state index is 13.1. The van der Waals surface area contributed by atoms with E-state index in [1.165, 1.54) is 38.5 Å². The average molecular weight is 574 g/mol. The van der Waals surface area contributed by atoms with E-state index in [2.05, 4.69) is 13.8 Å². The summed E-state index contributed by atoms with van der Waals surface area (Å²) in [7, 11) is 0. The third-order valence-electron chi connectivity index (χ3n) is 6.61. The fourth-order valence-corrected chi connectivity index (χ4v) is 4.29. The van der Waals surface area contributed by atoms with Gasteiger partial charge in [0.05, 0.1) is 32.3 Å². The van der Waals surface area contributed by atoms with Crippen LogP contribution >= 0.6 is 0 Å². The minimum atomic E-state index is -1.12. The van der Waals surface area contributed by atoms with Crippen molar-refractivity contribution < 1.29 is 38.4 Å². The number of aliphatic hydroxyl groups excluding tert-OH is 1. The minimum absolute atomic E-state index is 0.0143. The van der Waals surface area contributed by atoms with Crippen molar-refractivity contribution in [2.45, 2.75) is 137 Å². The molecule has 2 unspecified atom stereocenters. The Balaban J connectivity index is 5.20. The maximum Gasteiger partial charge on any atom is 0.324 e. The molecule has 0 saturated carbocycles. The SMILES string of the molecule is CCCCCCCCCC(CC)OCCCN(C(O)CCOC=O)[C@@H](CC(=O)OCC(C)C)C(=O)OCC(C)C. The molecule has 1 N–H and O–H groups in total. The van der Waals surface area contributed by atoms with E-state index in [1.807, 2.05) is 27.7 Å². The first kappa shape index (κ1) is 38.3. The summed E-state index contributed by atoms with van der Waals surface area (Å²) in [6, 6.07) is -1.03. The van der Waals surface area contributed by atoms with Gasteiger partial charge in [-0.1, -0.05) is 86.5 Å². The van der Waals surface area contributed by atoms with E-state index < -0.39 is 24.2 Å². The first-order valence-corrected chi connectivity index (χ1v) is 15.6. The summed E-state index contributed by atoms with van der Waals surface area (Å²) in [6.45, 7) is 13.6. The molecule has 0 amide bonds. The molecule has 0 spiro atoms. The van der Waals surface area contributed by atoms with E-state index in [0.29, 0.717) is 26.0 Å². The van der Waals surface area contributed by atoms with Gasteiger partial charge < -0.3 is 24.1 Å².